The van der Waals surface area contributed by atoms with Crippen LogP contribution in [0.15, 0.2) is 70.2 Å². The summed E-state index contributed by atoms with van der Waals surface area (Å²) in [6.45, 7) is 3.41. The lowest BCUT2D eigenvalue weighted by Crippen LogP contribution is -2.60. The molecule has 0 radical (unpaired) electrons. The zero-order valence-electron chi connectivity index (χ0n) is 23.9. The highest BCUT2D eigenvalue weighted by Crippen LogP contribution is 2.48. The highest BCUT2D eigenvalue weighted by Gasteiger charge is 2.49. The van der Waals surface area contributed by atoms with Gasteiger partial charge in [0.25, 0.3) is 5.56 Å². The minimum Gasteiger partial charge on any atom is -0.366 e. The van der Waals surface area contributed by atoms with E-state index in [9.17, 15) is 14.4 Å². The van der Waals surface area contributed by atoms with Crippen molar-refractivity contribution in [2.45, 2.75) is 51.1 Å². The van der Waals surface area contributed by atoms with Crippen LogP contribution in [0.3, 0.4) is 0 Å². The summed E-state index contributed by atoms with van der Waals surface area (Å²) in [5, 5.41) is 10.1. The van der Waals surface area contributed by atoms with E-state index in [1.807, 2.05) is 41.0 Å². The van der Waals surface area contributed by atoms with Crippen molar-refractivity contribution in [2.24, 2.45) is 11.8 Å². The van der Waals surface area contributed by atoms with Crippen LogP contribution in [0, 0.1) is 11.8 Å². The number of aryl methyl sites for hydroxylation is 1. The first-order chi connectivity index (χ1) is 20.9. The minimum absolute atomic E-state index is 0.0130. The van der Waals surface area contributed by atoms with Gasteiger partial charge in [-0.25, -0.2) is 0 Å². The van der Waals surface area contributed by atoms with E-state index >= 15 is 0 Å². The lowest BCUT2D eigenvalue weighted by atomic mass is 9.69. The van der Waals surface area contributed by atoms with Gasteiger partial charge in [0.05, 0.1) is 5.92 Å². The van der Waals surface area contributed by atoms with Gasteiger partial charge in [0.15, 0.2) is 0 Å². The number of hydrogen-bond donors (Lipinski definition) is 2. The molecule has 4 atom stereocenters. The van der Waals surface area contributed by atoms with Crippen LogP contribution in [0.1, 0.15) is 42.8 Å². The van der Waals surface area contributed by atoms with Crippen molar-refractivity contribution in [3.63, 3.8) is 0 Å². The predicted octanol–water partition coefficient (Wildman–Crippen LogP) is 3.17. The number of aromatic nitrogens is 4. The van der Waals surface area contributed by atoms with Gasteiger partial charge in [-0.2, -0.15) is 4.98 Å². The van der Waals surface area contributed by atoms with Crippen LogP contribution in [-0.2, 0) is 29.0 Å². The van der Waals surface area contributed by atoms with Crippen molar-refractivity contribution in [3.8, 4) is 11.4 Å². The van der Waals surface area contributed by atoms with E-state index < -0.39 is 0 Å². The molecule has 3 aliphatic heterocycles. The van der Waals surface area contributed by atoms with Crippen LogP contribution < -0.4 is 21.1 Å². The number of carbonyl (C=O) groups is 2. The molecule has 43 heavy (non-hydrogen) atoms. The molecule has 11 nitrogen and oxygen atoms in total. The Morgan fingerprint density at radius 1 is 1.12 bits per heavy atom. The van der Waals surface area contributed by atoms with Crippen molar-refractivity contribution in [2.75, 3.05) is 23.3 Å². The van der Waals surface area contributed by atoms with Gasteiger partial charge in [0.2, 0.25) is 23.5 Å². The van der Waals surface area contributed by atoms with Crippen molar-refractivity contribution in [1.82, 2.24) is 25.0 Å². The number of amides is 2. The van der Waals surface area contributed by atoms with Gasteiger partial charge in [0, 0.05) is 86.0 Å². The summed E-state index contributed by atoms with van der Waals surface area (Å²) in [5.74, 6) is 0.906. The fraction of sp³-hybridized carbons (Fsp3) is 0.375. The van der Waals surface area contributed by atoms with Crippen molar-refractivity contribution in [1.29, 1.82) is 0 Å². The molecule has 1 unspecified atom stereocenters. The van der Waals surface area contributed by atoms with E-state index in [0.717, 1.165) is 41.2 Å². The molecule has 6 heterocycles. The number of benzene rings is 1. The lowest BCUT2D eigenvalue weighted by molar-refractivity contribution is -0.126. The third kappa shape index (κ3) is 5.19. The number of nitrogens with zero attached hydrogens (tertiary/aromatic N) is 5. The van der Waals surface area contributed by atoms with Crippen LogP contribution in [0.5, 0.6) is 0 Å². The topological polar surface area (TPSA) is 135 Å². The normalized spacial score (nSPS) is 21.7. The van der Waals surface area contributed by atoms with Gasteiger partial charge >= 0.3 is 0 Å². The molecule has 220 valence electrons. The number of pyridine rings is 2. The number of carbonyl (C=O) groups excluding carboxylic acids is 2. The SMILES string of the molecule is CC(=O)Nc1ccc2c(c1)CC(C(=O)NCCCc1nc(-c3cccnc3)no1)[C@H]1[C@@H]3C[C@H](CN21)Cn1c3cccc1=O. The van der Waals surface area contributed by atoms with Crippen LogP contribution in [-0.4, -0.2) is 50.6 Å². The number of hydrogen-bond acceptors (Lipinski definition) is 8. The maximum Gasteiger partial charge on any atom is 0.250 e. The molecule has 4 aromatic rings. The summed E-state index contributed by atoms with van der Waals surface area (Å²) >= 11 is 0. The lowest BCUT2D eigenvalue weighted by Gasteiger charge is -2.54. The number of anilines is 2. The maximum absolute atomic E-state index is 13.9. The van der Waals surface area contributed by atoms with Gasteiger partial charge in [-0.1, -0.05) is 11.2 Å². The Kier molecular flexibility index (Phi) is 7.00. The Bertz CT molecular complexity index is 1730. The number of rotatable bonds is 7. The molecule has 1 saturated heterocycles. The van der Waals surface area contributed by atoms with Crippen LogP contribution >= 0.6 is 0 Å². The molecule has 11 heteroatoms. The molecule has 1 aromatic carbocycles. The Labute approximate surface area is 248 Å². The van der Waals surface area contributed by atoms with Crippen LogP contribution in [0.4, 0.5) is 11.4 Å². The Morgan fingerprint density at radius 3 is 2.86 bits per heavy atom. The predicted molar refractivity (Wildman–Crippen MR) is 159 cm³/mol. The zero-order chi connectivity index (χ0) is 29.5. The molecule has 2 bridgehead atoms. The third-order valence-electron chi connectivity index (χ3n) is 8.87. The first-order valence-corrected chi connectivity index (χ1v) is 14.8. The maximum atomic E-state index is 13.9. The largest absolute Gasteiger partial charge is 0.366 e. The van der Waals surface area contributed by atoms with E-state index in [1.54, 1.807) is 18.5 Å². The van der Waals surface area contributed by atoms with Gasteiger partial charge in [-0.05, 0) is 67.1 Å². The van der Waals surface area contributed by atoms with Gasteiger partial charge in [-0.3, -0.25) is 19.4 Å². The Balaban J connectivity index is 1.11. The van der Waals surface area contributed by atoms with Crippen LogP contribution in [0.25, 0.3) is 11.4 Å². The molecule has 7 rings (SSSR count). The van der Waals surface area contributed by atoms with E-state index in [1.165, 1.54) is 6.92 Å². The molecule has 3 aliphatic rings. The number of piperidine rings is 1. The van der Waals surface area contributed by atoms with E-state index in [2.05, 4.69) is 36.7 Å². The second-order valence-electron chi connectivity index (χ2n) is 11.7. The first kappa shape index (κ1) is 27.1. The smallest absolute Gasteiger partial charge is 0.250 e. The summed E-state index contributed by atoms with van der Waals surface area (Å²) < 4.78 is 7.32. The highest BCUT2D eigenvalue weighted by atomic mass is 16.5. The van der Waals surface area contributed by atoms with E-state index in [4.69, 9.17) is 4.52 Å². The average molecular weight is 580 g/mol. The summed E-state index contributed by atoms with van der Waals surface area (Å²) in [6, 6.07) is 15.1. The fourth-order valence-electron chi connectivity index (χ4n) is 7.15. The van der Waals surface area contributed by atoms with Crippen molar-refractivity contribution in [3.05, 3.63) is 88.4 Å². The summed E-state index contributed by atoms with van der Waals surface area (Å²) in [4.78, 5) is 49.4. The molecule has 1 fully saturated rings. The quantitative estimate of drug-likeness (QED) is 0.319. The molecular weight excluding hydrogens is 546 g/mol. The molecule has 0 saturated carbocycles. The fourth-order valence-corrected chi connectivity index (χ4v) is 7.15. The van der Waals surface area contributed by atoms with Crippen molar-refractivity contribution < 1.29 is 14.1 Å². The van der Waals surface area contributed by atoms with Gasteiger partial charge in [-0.15, -0.1) is 0 Å². The Hall–Kier alpha value is -4.80. The monoisotopic (exact) mass is 579 g/mol. The summed E-state index contributed by atoms with van der Waals surface area (Å²) in [5.41, 5.74) is 4.69. The summed E-state index contributed by atoms with van der Waals surface area (Å²) in [7, 11) is 0. The van der Waals surface area contributed by atoms with Gasteiger partial charge in [0.1, 0.15) is 0 Å². The molecule has 2 N–H and O–H groups in total. The van der Waals surface area contributed by atoms with Crippen molar-refractivity contribution >= 4 is 23.2 Å². The Morgan fingerprint density at radius 2 is 2.02 bits per heavy atom. The second-order valence-corrected chi connectivity index (χ2v) is 11.7. The zero-order valence-corrected chi connectivity index (χ0v) is 23.9. The van der Waals surface area contributed by atoms with Crippen LogP contribution in [0.2, 0.25) is 0 Å². The molecule has 0 aliphatic carbocycles. The molecule has 3 aromatic heterocycles. The highest BCUT2D eigenvalue weighted by molar-refractivity contribution is 5.89. The van der Waals surface area contributed by atoms with E-state index in [-0.39, 0.29) is 35.3 Å². The second kappa shape index (κ2) is 11.1. The number of nitrogens with one attached hydrogen (secondary N) is 2. The van der Waals surface area contributed by atoms with Gasteiger partial charge < -0.3 is 24.6 Å². The third-order valence-corrected chi connectivity index (χ3v) is 8.87. The molecule has 0 spiro atoms. The summed E-state index contributed by atoms with van der Waals surface area (Å²) in [6.07, 6.45) is 6.06. The molecular formula is C32H33N7O4. The number of fused-ring (bicyclic) bond motifs is 8. The first-order valence-electron chi connectivity index (χ1n) is 14.8. The average Bonchev–Trinajstić information content (AvgIpc) is 3.48. The standard InChI is InChI=1S/C32H33N7O4/c1-19(40)35-23-9-10-26-22(14-23)15-25(30-24-13-20(18-39(26)30)17-38-27(24)6-2-8-29(38)41)32(42)34-12-4-7-28-36-31(37-43-28)21-5-3-11-33-16-21/h2-3,5-6,8-11,14,16,20,24-25,30H,4,7,12-13,15,17-18H2,1H3,(H,34,42)(H,35,40)/t20-,24+,25?,30+/m0/s1. The minimum atomic E-state index is -0.325. The molecule has 2 amide bonds. The van der Waals surface area contributed by atoms with E-state index in [0.29, 0.717) is 50.0 Å².